The fourth-order valence-corrected chi connectivity index (χ4v) is 2.55. The molecule has 0 spiro atoms. The average molecular weight is 337 g/mol. The quantitative estimate of drug-likeness (QED) is 0.437. The molecule has 0 bridgehead atoms. The van der Waals surface area contributed by atoms with E-state index in [-0.39, 0.29) is 30.1 Å². The lowest BCUT2D eigenvalue weighted by Crippen LogP contribution is -2.47. The first-order valence-corrected chi connectivity index (χ1v) is 8.25. The molecule has 0 aromatic carbocycles. The third-order valence-electron chi connectivity index (χ3n) is 3.86. The van der Waals surface area contributed by atoms with Crippen molar-refractivity contribution >= 4 is 18.2 Å². The molecule has 1 aliphatic rings. The van der Waals surface area contributed by atoms with E-state index in [0.717, 1.165) is 19.1 Å². The molecule has 6 heteroatoms. The van der Waals surface area contributed by atoms with Crippen LogP contribution in [0.15, 0.2) is 23.8 Å². The Morgan fingerprint density at radius 1 is 1.33 bits per heavy atom. The normalized spacial score (nSPS) is 26.0. The lowest BCUT2D eigenvalue weighted by atomic mass is 9.97. The fraction of sp³-hybridized carbons (Fsp3) is 0.611. The summed E-state index contributed by atoms with van der Waals surface area (Å²) in [5, 5.41) is 2.91. The Bertz CT molecular complexity index is 512. The van der Waals surface area contributed by atoms with E-state index in [9.17, 15) is 14.4 Å². The topological polar surface area (TPSA) is 81.7 Å². The van der Waals surface area contributed by atoms with Crippen molar-refractivity contribution in [3.05, 3.63) is 23.8 Å². The van der Waals surface area contributed by atoms with E-state index in [0.29, 0.717) is 12.0 Å². The molecule has 1 rings (SSSR count). The van der Waals surface area contributed by atoms with Crippen molar-refractivity contribution in [1.82, 2.24) is 5.32 Å². The molecule has 0 aliphatic carbocycles. The number of hydrogen-bond donors (Lipinski definition) is 1. The second-order valence-corrected chi connectivity index (χ2v) is 6.13. The lowest BCUT2D eigenvalue weighted by Gasteiger charge is -2.34. The summed E-state index contributed by atoms with van der Waals surface area (Å²) < 4.78 is 10.8. The van der Waals surface area contributed by atoms with Gasteiger partial charge in [0.15, 0.2) is 0 Å². The van der Waals surface area contributed by atoms with E-state index >= 15 is 0 Å². The van der Waals surface area contributed by atoms with Crippen LogP contribution in [0.5, 0.6) is 0 Å². The van der Waals surface area contributed by atoms with Crippen LogP contribution in [0, 0.1) is 0 Å². The van der Waals surface area contributed by atoms with Crippen LogP contribution < -0.4 is 5.32 Å². The molecule has 6 nitrogen and oxygen atoms in total. The summed E-state index contributed by atoms with van der Waals surface area (Å²) in [6.45, 7) is 6.72. The van der Waals surface area contributed by atoms with E-state index in [2.05, 4.69) is 5.32 Å². The number of esters is 1. The van der Waals surface area contributed by atoms with E-state index in [1.165, 1.54) is 13.0 Å². The fourth-order valence-electron chi connectivity index (χ4n) is 2.55. The van der Waals surface area contributed by atoms with Gasteiger partial charge in [-0.3, -0.25) is 14.4 Å². The monoisotopic (exact) mass is 337 g/mol. The molecule has 4 unspecified atom stereocenters. The molecule has 1 aliphatic heterocycles. The number of aldehydes is 1. The van der Waals surface area contributed by atoms with Crippen molar-refractivity contribution in [2.75, 3.05) is 0 Å². The van der Waals surface area contributed by atoms with Gasteiger partial charge in [0.05, 0.1) is 18.2 Å². The minimum Gasteiger partial charge on any atom is -0.459 e. The van der Waals surface area contributed by atoms with Gasteiger partial charge in [0.2, 0.25) is 5.91 Å². The van der Waals surface area contributed by atoms with Crippen LogP contribution in [0.4, 0.5) is 0 Å². The summed E-state index contributed by atoms with van der Waals surface area (Å²) in [5.41, 5.74) is 0.703. The predicted octanol–water partition coefficient (Wildman–Crippen LogP) is 2.08. The number of ether oxygens (including phenoxy) is 2. The number of carbonyl (C=O) groups is 3. The second kappa shape index (κ2) is 10.0. The second-order valence-electron chi connectivity index (χ2n) is 6.13. The van der Waals surface area contributed by atoms with Crippen molar-refractivity contribution in [2.24, 2.45) is 0 Å². The highest BCUT2D eigenvalue weighted by molar-refractivity contribution is 5.87. The van der Waals surface area contributed by atoms with Crippen molar-refractivity contribution in [3.63, 3.8) is 0 Å². The van der Waals surface area contributed by atoms with Crippen molar-refractivity contribution in [2.45, 2.75) is 71.3 Å². The van der Waals surface area contributed by atoms with Crippen molar-refractivity contribution in [3.8, 4) is 0 Å². The zero-order valence-corrected chi connectivity index (χ0v) is 14.8. The summed E-state index contributed by atoms with van der Waals surface area (Å²) in [5.74, 6) is -0.614. The smallest absolute Gasteiger partial charge is 0.303 e. The highest BCUT2D eigenvalue weighted by Gasteiger charge is 2.28. The molecule has 0 aromatic heterocycles. The van der Waals surface area contributed by atoms with E-state index in [1.54, 1.807) is 19.9 Å². The van der Waals surface area contributed by atoms with Gasteiger partial charge in [-0.2, -0.15) is 0 Å². The Labute approximate surface area is 143 Å². The third-order valence-corrected chi connectivity index (χ3v) is 3.86. The first kappa shape index (κ1) is 20.1. The zero-order valence-electron chi connectivity index (χ0n) is 14.8. The number of rotatable bonds is 7. The Morgan fingerprint density at radius 3 is 2.62 bits per heavy atom. The van der Waals surface area contributed by atoms with Gasteiger partial charge >= 0.3 is 5.97 Å². The number of hydrogen-bond acceptors (Lipinski definition) is 5. The van der Waals surface area contributed by atoms with Gasteiger partial charge in [-0.1, -0.05) is 6.08 Å². The lowest BCUT2D eigenvalue weighted by molar-refractivity contribution is -0.143. The zero-order chi connectivity index (χ0) is 18.1. The molecule has 134 valence electrons. The summed E-state index contributed by atoms with van der Waals surface area (Å²) in [7, 11) is 0. The van der Waals surface area contributed by atoms with Crippen LogP contribution >= 0.6 is 0 Å². The molecule has 1 fully saturated rings. The minimum absolute atomic E-state index is 0.0569. The van der Waals surface area contributed by atoms with Crippen LogP contribution in [-0.4, -0.2) is 42.5 Å². The van der Waals surface area contributed by atoms with E-state index < -0.39 is 6.10 Å². The summed E-state index contributed by atoms with van der Waals surface area (Å²) in [6.07, 6.45) is 7.51. The summed E-state index contributed by atoms with van der Waals surface area (Å²) >= 11 is 0. The molecular weight excluding hydrogens is 310 g/mol. The number of nitrogens with one attached hydrogen (secondary N) is 1. The van der Waals surface area contributed by atoms with Crippen LogP contribution in [0.25, 0.3) is 0 Å². The average Bonchev–Trinajstić information content (AvgIpc) is 2.52. The van der Waals surface area contributed by atoms with Gasteiger partial charge in [-0.05, 0) is 51.7 Å². The number of carbonyl (C=O) groups excluding carboxylic acids is 3. The standard InChI is InChI=1S/C18H27NO5/c1-12(11-20)5-7-16-8-9-17(14(3)24-16)19-18(22)10-6-13(2)23-15(4)21/h5-6,10-11,13-14,16-17H,7-9H2,1-4H3,(H,19,22)/b10-6-,12-5+. The molecule has 1 saturated heterocycles. The molecule has 24 heavy (non-hydrogen) atoms. The minimum atomic E-state index is -0.439. The molecule has 1 heterocycles. The van der Waals surface area contributed by atoms with Crippen LogP contribution in [-0.2, 0) is 23.9 Å². The molecule has 1 amide bonds. The maximum absolute atomic E-state index is 11.9. The highest BCUT2D eigenvalue weighted by atomic mass is 16.5. The molecule has 1 N–H and O–H groups in total. The van der Waals surface area contributed by atoms with Gasteiger partial charge in [-0.25, -0.2) is 0 Å². The van der Waals surface area contributed by atoms with Crippen molar-refractivity contribution in [1.29, 1.82) is 0 Å². The van der Waals surface area contributed by atoms with Gasteiger partial charge in [0.25, 0.3) is 0 Å². The van der Waals surface area contributed by atoms with Crippen molar-refractivity contribution < 1.29 is 23.9 Å². The number of allylic oxidation sites excluding steroid dienone is 1. The molecule has 4 atom stereocenters. The van der Waals surface area contributed by atoms with Gasteiger partial charge < -0.3 is 14.8 Å². The summed E-state index contributed by atoms with van der Waals surface area (Å²) in [4.78, 5) is 33.3. The highest BCUT2D eigenvalue weighted by Crippen LogP contribution is 2.22. The third kappa shape index (κ3) is 7.55. The van der Waals surface area contributed by atoms with Gasteiger partial charge in [0, 0.05) is 13.0 Å². The van der Waals surface area contributed by atoms with Crippen LogP contribution in [0.3, 0.4) is 0 Å². The Hall–Kier alpha value is -1.95. The SMILES string of the molecule is CC(=O)OC(C)/C=C\C(=O)NC1CCC(C/C=C(\C)C=O)OC1C. The van der Waals surface area contributed by atoms with E-state index in [1.807, 2.05) is 13.0 Å². The summed E-state index contributed by atoms with van der Waals surface area (Å²) in [6, 6.07) is -0.0569. The Kier molecular flexibility index (Phi) is 8.40. The number of amides is 1. The van der Waals surface area contributed by atoms with Crippen LogP contribution in [0.1, 0.15) is 47.0 Å². The molecule has 0 saturated carbocycles. The maximum Gasteiger partial charge on any atom is 0.303 e. The molecular formula is C18H27NO5. The van der Waals surface area contributed by atoms with Gasteiger partial charge in [-0.15, -0.1) is 0 Å². The van der Waals surface area contributed by atoms with E-state index in [4.69, 9.17) is 9.47 Å². The van der Waals surface area contributed by atoms with Gasteiger partial charge in [0.1, 0.15) is 12.4 Å². The predicted molar refractivity (Wildman–Crippen MR) is 90.3 cm³/mol. The first-order chi connectivity index (χ1) is 11.3. The first-order valence-electron chi connectivity index (χ1n) is 8.25. The Balaban J connectivity index is 2.42. The molecule has 0 radical (unpaired) electrons. The van der Waals surface area contributed by atoms with Crippen LogP contribution in [0.2, 0.25) is 0 Å². The molecule has 0 aromatic rings. The Morgan fingerprint density at radius 2 is 2.04 bits per heavy atom. The largest absolute Gasteiger partial charge is 0.459 e. The maximum atomic E-state index is 11.9.